The number of benzene rings is 1. The lowest BCUT2D eigenvalue weighted by atomic mass is 10.1. The van der Waals surface area contributed by atoms with Gasteiger partial charge in [0, 0.05) is 23.2 Å². The van der Waals surface area contributed by atoms with Gasteiger partial charge in [-0.1, -0.05) is 32.0 Å². The van der Waals surface area contributed by atoms with Crippen LogP contribution >= 0.6 is 11.6 Å². The lowest BCUT2D eigenvalue weighted by molar-refractivity contribution is 0.360. The summed E-state index contributed by atoms with van der Waals surface area (Å²) >= 11 is 5.95. The van der Waals surface area contributed by atoms with Crippen LogP contribution in [0, 0.1) is 5.82 Å². The Kier molecular flexibility index (Phi) is 5.88. The van der Waals surface area contributed by atoms with Crippen molar-refractivity contribution in [2.75, 3.05) is 5.32 Å². The molecule has 0 saturated carbocycles. The topological polar surface area (TPSA) is 37.8 Å². The molecule has 0 amide bonds. The second-order valence-electron chi connectivity index (χ2n) is 5.26. The van der Waals surface area contributed by atoms with E-state index in [9.17, 15) is 8.78 Å². The fourth-order valence-electron chi connectivity index (χ4n) is 2.53. The number of rotatable bonds is 6. The molecule has 1 N–H and O–H groups in total. The minimum Gasteiger partial charge on any atom is -0.366 e. The first kappa shape index (κ1) is 17.6. The number of hydrogen-bond donors (Lipinski definition) is 1. The summed E-state index contributed by atoms with van der Waals surface area (Å²) in [5.74, 6) is 0.0753. The van der Waals surface area contributed by atoms with E-state index < -0.39 is 12.0 Å². The number of aryl methyl sites for hydroxylation is 1. The molecule has 0 spiro atoms. The summed E-state index contributed by atoms with van der Waals surface area (Å²) in [5.41, 5.74) is 2.30. The van der Waals surface area contributed by atoms with E-state index in [2.05, 4.69) is 15.3 Å². The Hall–Kier alpha value is -1.75. The van der Waals surface area contributed by atoms with Crippen molar-refractivity contribution in [3.8, 4) is 0 Å². The standard InChI is InChI=1S/C17H20ClF2N3/c1-4-12-14(5-2)22-17(18)23-16(12)21-9-11-7-6-8-13(10(3)19)15(11)20/h6-8,10H,4-5,9H2,1-3H3,(H,21,22,23). The van der Waals surface area contributed by atoms with Gasteiger partial charge in [-0.05, 0) is 31.4 Å². The van der Waals surface area contributed by atoms with Gasteiger partial charge in [0.05, 0.1) is 5.69 Å². The highest BCUT2D eigenvalue weighted by Crippen LogP contribution is 2.24. The molecule has 23 heavy (non-hydrogen) atoms. The van der Waals surface area contributed by atoms with Gasteiger partial charge in [-0.15, -0.1) is 0 Å². The summed E-state index contributed by atoms with van der Waals surface area (Å²) < 4.78 is 27.7. The van der Waals surface area contributed by atoms with Crippen LogP contribution in [0.3, 0.4) is 0 Å². The average Bonchev–Trinajstić information content (AvgIpc) is 2.52. The van der Waals surface area contributed by atoms with Gasteiger partial charge in [0.25, 0.3) is 0 Å². The number of anilines is 1. The molecule has 0 radical (unpaired) electrons. The van der Waals surface area contributed by atoms with Gasteiger partial charge in [-0.25, -0.2) is 18.7 Å². The predicted molar refractivity (Wildman–Crippen MR) is 89.0 cm³/mol. The maximum atomic E-state index is 14.3. The van der Waals surface area contributed by atoms with E-state index in [-0.39, 0.29) is 17.4 Å². The van der Waals surface area contributed by atoms with Crippen LogP contribution in [-0.2, 0) is 19.4 Å². The van der Waals surface area contributed by atoms with Crippen LogP contribution in [0.4, 0.5) is 14.6 Å². The van der Waals surface area contributed by atoms with Crippen molar-refractivity contribution in [3.63, 3.8) is 0 Å². The van der Waals surface area contributed by atoms with Gasteiger partial charge in [0.1, 0.15) is 17.8 Å². The van der Waals surface area contributed by atoms with Crippen LogP contribution < -0.4 is 5.32 Å². The first-order valence-electron chi connectivity index (χ1n) is 7.68. The summed E-state index contributed by atoms with van der Waals surface area (Å²) in [4.78, 5) is 8.43. The van der Waals surface area contributed by atoms with Crippen molar-refractivity contribution in [2.45, 2.75) is 46.3 Å². The Labute approximate surface area is 140 Å². The van der Waals surface area contributed by atoms with Crippen LogP contribution in [0.15, 0.2) is 18.2 Å². The Morgan fingerprint density at radius 3 is 2.57 bits per heavy atom. The van der Waals surface area contributed by atoms with Gasteiger partial charge < -0.3 is 5.32 Å². The zero-order valence-electron chi connectivity index (χ0n) is 13.5. The number of halogens is 3. The number of aromatic nitrogens is 2. The van der Waals surface area contributed by atoms with E-state index in [1.807, 2.05) is 13.8 Å². The van der Waals surface area contributed by atoms with Crippen LogP contribution in [0.5, 0.6) is 0 Å². The molecule has 2 aromatic rings. The molecule has 0 aliphatic heterocycles. The molecule has 1 aromatic carbocycles. The summed E-state index contributed by atoms with van der Waals surface area (Å²) in [7, 11) is 0. The lowest BCUT2D eigenvalue weighted by Gasteiger charge is -2.14. The summed E-state index contributed by atoms with van der Waals surface area (Å²) in [5, 5.41) is 3.27. The molecule has 2 rings (SSSR count). The second kappa shape index (κ2) is 7.68. The smallest absolute Gasteiger partial charge is 0.224 e. The number of nitrogens with zero attached hydrogens (tertiary/aromatic N) is 2. The molecule has 0 aliphatic rings. The molecule has 1 atom stereocenters. The van der Waals surface area contributed by atoms with Gasteiger partial charge in [0.15, 0.2) is 0 Å². The van der Waals surface area contributed by atoms with Gasteiger partial charge in [0.2, 0.25) is 5.28 Å². The first-order valence-corrected chi connectivity index (χ1v) is 8.06. The third kappa shape index (κ3) is 3.96. The Morgan fingerprint density at radius 2 is 1.96 bits per heavy atom. The van der Waals surface area contributed by atoms with Crippen molar-refractivity contribution in [1.29, 1.82) is 0 Å². The number of alkyl halides is 1. The van der Waals surface area contributed by atoms with E-state index in [4.69, 9.17) is 11.6 Å². The highest BCUT2D eigenvalue weighted by molar-refractivity contribution is 6.28. The molecule has 1 heterocycles. The zero-order valence-corrected chi connectivity index (χ0v) is 14.2. The first-order chi connectivity index (χ1) is 11.0. The van der Waals surface area contributed by atoms with Crippen molar-refractivity contribution in [2.24, 2.45) is 0 Å². The van der Waals surface area contributed by atoms with E-state index >= 15 is 0 Å². The normalized spacial score (nSPS) is 12.3. The predicted octanol–water partition coefficient (Wildman–Crippen LogP) is 5.04. The van der Waals surface area contributed by atoms with E-state index in [0.29, 0.717) is 11.4 Å². The minimum atomic E-state index is -1.35. The second-order valence-corrected chi connectivity index (χ2v) is 5.60. The third-order valence-electron chi connectivity index (χ3n) is 3.74. The average molecular weight is 340 g/mol. The molecular weight excluding hydrogens is 320 g/mol. The lowest BCUT2D eigenvalue weighted by Crippen LogP contribution is -2.10. The van der Waals surface area contributed by atoms with Crippen molar-refractivity contribution >= 4 is 17.4 Å². The molecule has 0 bridgehead atoms. The Balaban J connectivity index is 2.28. The molecule has 1 aromatic heterocycles. The minimum absolute atomic E-state index is 0.0648. The third-order valence-corrected chi connectivity index (χ3v) is 3.91. The van der Waals surface area contributed by atoms with Crippen molar-refractivity contribution < 1.29 is 8.78 Å². The Bertz CT molecular complexity index is 690. The maximum absolute atomic E-state index is 14.3. The Morgan fingerprint density at radius 1 is 1.22 bits per heavy atom. The molecule has 3 nitrogen and oxygen atoms in total. The van der Waals surface area contributed by atoms with Crippen molar-refractivity contribution in [3.05, 3.63) is 51.7 Å². The van der Waals surface area contributed by atoms with Crippen LogP contribution in [0.25, 0.3) is 0 Å². The fraction of sp³-hybridized carbons (Fsp3) is 0.412. The van der Waals surface area contributed by atoms with Crippen LogP contribution in [-0.4, -0.2) is 9.97 Å². The molecular formula is C17H20ClF2N3. The van der Waals surface area contributed by atoms with Gasteiger partial charge in [-0.3, -0.25) is 0 Å². The number of nitrogens with one attached hydrogen (secondary N) is 1. The largest absolute Gasteiger partial charge is 0.366 e. The van der Waals surface area contributed by atoms with Gasteiger partial charge in [-0.2, -0.15) is 0 Å². The maximum Gasteiger partial charge on any atom is 0.224 e. The monoisotopic (exact) mass is 339 g/mol. The summed E-state index contributed by atoms with van der Waals surface area (Å²) in [6.45, 7) is 5.52. The van der Waals surface area contributed by atoms with Gasteiger partial charge >= 0.3 is 0 Å². The van der Waals surface area contributed by atoms with E-state index in [0.717, 1.165) is 24.1 Å². The molecule has 0 saturated heterocycles. The molecule has 1 unspecified atom stereocenters. The fourth-order valence-corrected chi connectivity index (χ4v) is 2.72. The summed E-state index contributed by atoms with van der Waals surface area (Å²) in [6.07, 6.45) is 0.136. The SMILES string of the molecule is CCc1nc(Cl)nc(NCc2cccc(C(C)F)c2F)c1CC. The molecule has 0 aliphatic carbocycles. The molecule has 6 heteroatoms. The quantitative estimate of drug-likeness (QED) is 0.749. The highest BCUT2D eigenvalue weighted by atomic mass is 35.5. The summed E-state index contributed by atoms with van der Waals surface area (Å²) in [6, 6.07) is 4.73. The van der Waals surface area contributed by atoms with E-state index in [1.165, 1.54) is 13.0 Å². The number of hydrogen-bond acceptors (Lipinski definition) is 3. The van der Waals surface area contributed by atoms with Crippen LogP contribution in [0.2, 0.25) is 5.28 Å². The van der Waals surface area contributed by atoms with Crippen molar-refractivity contribution in [1.82, 2.24) is 9.97 Å². The molecule has 124 valence electrons. The molecule has 0 fully saturated rings. The highest BCUT2D eigenvalue weighted by Gasteiger charge is 2.15. The van der Waals surface area contributed by atoms with Crippen LogP contribution in [0.1, 0.15) is 49.3 Å². The van der Waals surface area contributed by atoms with E-state index in [1.54, 1.807) is 12.1 Å². The zero-order chi connectivity index (χ0) is 17.0.